The summed E-state index contributed by atoms with van der Waals surface area (Å²) in [5.41, 5.74) is 32.4. The SMILES string of the molecule is c1ccc(-n2c(-c3cc(-c4nc5ccccc5n4-c4ccccc4)cc(-c4nc5c(-c6ccc7c(c6)c6ccccc6n7-c6cc(-n7c8ccccc8c8ccccc87)cc(-n7c8ccccc8c8cc(-c9ccc%10c(c9)c9ccccc9n%10-c9cccc(-n%10c%11ccccc%11c%11ccccc%11%10)c9)ccc87)c6)cccc5n4-c4ccccc4)c3)nc3ccccc32)cc1. The van der Waals surface area contributed by atoms with Crippen molar-refractivity contribution in [2.24, 2.45) is 0 Å². The smallest absolute Gasteiger partial charge is 0.145 e. The van der Waals surface area contributed by atoms with Crippen LogP contribution in [0.2, 0.25) is 0 Å². The number of aromatic nitrogens is 11. The minimum atomic E-state index is 0.778. The molecule has 0 radical (unpaired) electrons. The lowest BCUT2D eigenvalue weighted by Crippen LogP contribution is -2.03. The van der Waals surface area contributed by atoms with Gasteiger partial charge in [-0.2, -0.15) is 0 Å². The first-order valence-corrected chi connectivity index (χ1v) is 43.6. The predicted octanol–water partition coefficient (Wildman–Crippen LogP) is 29.5. The van der Waals surface area contributed by atoms with Gasteiger partial charge in [0, 0.05) is 105 Å². The highest BCUT2D eigenvalue weighted by atomic mass is 15.1. The van der Waals surface area contributed by atoms with Crippen LogP contribution in [0.15, 0.2) is 443 Å². The molecule has 11 nitrogen and oxygen atoms in total. The minimum Gasteiger partial charge on any atom is -0.309 e. The number of hydrogen-bond donors (Lipinski definition) is 0. The molecule has 128 heavy (non-hydrogen) atoms. The van der Waals surface area contributed by atoms with Gasteiger partial charge < -0.3 is 22.8 Å². The third-order valence-electron chi connectivity index (χ3n) is 26.4. The van der Waals surface area contributed by atoms with E-state index in [0.29, 0.717) is 0 Å². The summed E-state index contributed by atoms with van der Waals surface area (Å²) in [5.74, 6) is 2.38. The molecule has 8 heterocycles. The largest absolute Gasteiger partial charge is 0.309 e. The normalized spacial score (nSPS) is 12.1. The summed E-state index contributed by atoms with van der Waals surface area (Å²) in [7, 11) is 0. The predicted molar refractivity (Wildman–Crippen MR) is 529 cm³/mol. The van der Waals surface area contributed by atoms with Crippen molar-refractivity contribution < 1.29 is 0 Å². The molecule has 0 bridgehead atoms. The fourth-order valence-corrected chi connectivity index (χ4v) is 20.9. The summed E-state index contributed by atoms with van der Waals surface area (Å²) in [6.07, 6.45) is 0. The van der Waals surface area contributed by atoms with Crippen molar-refractivity contribution in [1.82, 2.24) is 51.5 Å². The van der Waals surface area contributed by atoms with Crippen LogP contribution >= 0.6 is 0 Å². The van der Waals surface area contributed by atoms with Crippen molar-refractivity contribution in [1.29, 1.82) is 0 Å². The first kappa shape index (κ1) is 71.2. The van der Waals surface area contributed by atoms with Gasteiger partial charge in [0.15, 0.2) is 0 Å². The summed E-state index contributed by atoms with van der Waals surface area (Å²) >= 11 is 0. The maximum absolute atomic E-state index is 5.97. The van der Waals surface area contributed by atoms with Crippen molar-refractivity contribution in [2.45, 2.75) is 0 Å². The second-order valence-corrected chi connectivity index (χ2v) is 33.5. The molecule has 596 valence electrons. The highest BCUT2D eigenvalue weighted by molar-refractivity contribution is 6.16. The fourth-order valence-electron chi connectivity index (χ4n) is 20.9. The molecular formula is C117H73N11. The average Bonchev–Trinajstić information content (AvgIpc) is 1.55. The van der Waals surface area contributed by atoms with Crippen LogP contribution in [0.4, 0.5) is 0 Å². The maximum atomic E-state index is 5.97. The molecule has 0 atom stereocenters. The van der Waals surface area contributed by atoms with Gasteiger partial charge in [-0.1, -0.05) is 243 Å². The Balaban J connectivity index is 0.625. The molecule has 0 aliphatic heterocycles. The van der Waals surface area contributed by atoms with Crippen molar-refractivity contribution >= 4 is 142 Å². The minimum absolute atomic E-state index is 0.778. The van der Waals surface area contributed by atoms with Gasteiger partial charge in [-0.05, 0) is 217 Å². The topological polar surface area (TPSA) is 78.1 Å². The summed E-state index contributed by atoms with van der Waals surface area (Å²) in [4.78, 5) is 17.0. The first-order valence-electron chi connectivity index (χ1n) is 43.6. The first-order chi connectivity index (χ1) is 63.5. The Morgan fingerprint density at radius 2 is 0.383 bits per heavy atom. The Hall–Kier alpha value is -17.4. The molecule has 19 aromatic carbocycles. The van der Waals surface area contributed by atoms with Gasteiger partial charge in [0.2, 0.25) is 0 Å². The summed E-state index contributed by atoms with van der Waals surface area (Å²) in [5, 5.41) is 11.9. The number of hydrogen-bond acceptors (Lipinski definition) is 3. The van der Waals surface area contributed by atoms with Gasteiger partial charge >= 0.3 is 0 Å². The second-order valence-electron chi connectivity index (χ2n) is 33.5. The van der Waals surface area contributed by atoms with Gasteiger partial charge in [0.05, 0.1) is 105 Å². The standard InChI is InChI=1S/C117H73N11/c1-4-30-80(31-5-1)126-111-55-26-17-46-99(111)118-115(126)77-64-78(116-119-100-47-18-27-56-112(100)127(116)81-32-6-2-7-33-81)66-79(65-77)117-120-114-88(45-29-57-113(114)128(117)82-34-8-3-9-35-82)76-60-63-110-98(69-76)95-44-16-25-54-107(95)125(110)87-72-85(123-103-50-21-12-40-91(103)92-41-13-22-51-104(92)123)71-86(73-87)124-106-53-24-15-43-94(106)97-68-75(59-62-109(97)124)74-58-61-108-96(67-74)93-42-14-23-52-105(93)122(108)84-37-28-36-83(70-84)121-101-48-19-10-38-89(101)90-39-11-20-49-102(90)121/h1-73H. The molecule has 27 rings (SSSR count). The van der Waals surface area contributed by atoms with Crippen LogP contribution in [0.1, 0.15) is 0 Å². The molecule has 0 fully saturated rings. The lowest BCUT2D eigenvalue weighted by molar-refractivity contribution is 1.09. The fraction of sp³-hybridized carbons (Fsp3) is 0. The Bertz CT molecular complexity index is 9040. The molecule has 8 aromatic heterocycles. The zero-order valence-electron chi connectivity index (χ0n) is 69.1. The van der Waals surface area contributed by atoms with Crippen molar-refractivity contribution in [3.63, 3.8) is 0 Å². The summed E-state index contributed by atoms with van der Waals surface area (Å²) in [6.45, 7) is 0. The summed E-state index contributed by atoms with van der Waals surface area (Å²) < 4.78 is 19.2. The number of para-hydroxylation sites is 15. The second kappa shape index (κ2) is 28.1. The van der Waals surface area contributed by atoms with E-state index in [2.05, 4.69) is 479 Å². The average molecular weight is 1630 g/mol. The summed E-state index contributed by atoms with van der Waals surface area (Å²) in [6, 6.07) is 161. The zero-order valence-corrected chi connectivity index (χ0v) is 69.1. The van der Waals surface area contributed by atoms with Gasteiger partial charge in [-0.3, -0.25) is 13.7 Å². The maximum Gasteiger partial charge on any atom is 0.145 e. The molecule has 0 aliphatic carbocycles. The van der Waals surface area contributed by atoms with Gasteiger partial charge in [0.25, 0.3) is 0 Å². The van der Waals surface area contributed by atoms with E-state index in [4.69, 9.17) is 15.0 Å². The van der Waals surface area contributed by atoms with Crippen LogP contribution in [-0.4, -0.2) is 51.5 Å². The Morgan fingerprint density at radius 1 is 0.133 bits per heavy atom. The van der Waals surface area contributed by atoms with Gasteiger partial charge in [-0.15, -0.1) is 0 Å². The highest BCUT2D eigenvalue weighted by Crippen LogP contribution is 2.47. The number of fused-ring (bicyclic) bond motifs is 18. The van der Waals surface area contributed by atoms with Crippen LogP contribution in [0.3, 0.4) is 0 Å². The Kier molecular flexibility index (Phi) is 15.6. The molecule has 0 unspecified atom stereocenters. The molecule has 27 aromatic rings. The molecule has 0 saturated carbocycles. The Morgan fingerprint density at radius 3 is 0.750 bits per heavy atom. The lowest BCUT2D eigenvalue weighted by atomic mass is 10.0. The highest BCUT2D eigenvalue weighted by Gasteiger charge is 2.28. The molecule has 0 aliphatic rings. The van der Waals surface area contributed by atoms with Gasteiger partial charge in [-0.25, -0.2) is 15.0 Å². The zero-order chi connectivity index (χ0) is 83.8. The van der Waals surface area contributed by atoms with Crippen molar-refractivity contribution in [3.8, 4) is 102 Å². The number of benzene rings is 19. The van der Waals surface area contributed by atoms with Crippen LogP contribution in [0, 0.1) is 0 Å². The monoisotopic (exact) mass is 1630 g/mol. The van der Waals surface area contributed by atoms with Crippen molar-refractivity contribution in [2.75, 3.05) is 0 Å². The Labute approximate surface area is 733 Å². The van der Waals surface area contributed by atoms with E-state index in [0.717, 1.165) is 190 Å². The van der Waals surface area contributed by atoms with E-state index in [-0.39, 0.29) is 0 Å². The van der Waals surface area contributed by atoms with E-state index in [1.54, 1.807) is 0 Å². The van der Waals surface area contributed by atoms with E-state index < -0.39 is 0 Å². The van der Waals surface area contributed by atoms with E-state index in [1.165, 1.54) is 54.1 Å². The van der Waals surface area contributed by atoms with Crippen molar-refractivity contribution in [3.05, 3.63) is 443 Å². The van der Waals surface area contributed by atoms with Gasteiger partial charge in [0.1, 0.15) is 17.5 Å². The number of imidazole rings is 3. The van der Waals surface area contributed by atoms with E-state index in [9.17, 15) is 0 Å². The lowest BCUT2D eigenvalue weighted by Gasteiger charge is -2.17. The molecular weight excluding hydrogens is 1560 g/mol. The van der Waals surface area contributed by atoms with Crippen LogP contribution < -0.4 is 0 Å². The molecule has 0 spiro atoms. The quantitative estimate of drug-likeness (QED) is 0.115. The molecule has 0 amide bonds. The number of nitrogens with zero attached hydrogens (tertiary/aromatic N) is 11. The molecule has 0 saturated heterocycles. The third kappa shape index (κ3) is 10.8. The van der Waals surface area contributed by atoms with E-state index >= 15 is 0 Å². The van der Waals surface area contributed by atoms with E-state index in [1.807, 2.05) is 0 Å². The van der Waals surface area contributed by atoms with Crippen LogP contribution in [-0.2, 0) is 0 Å². The molecule has 11 heteroatoms. The molecule has 0 N–H and O–H groups in total. The third-order valence-corrected chi connectivity index (χ3v) is 26.4. The number of rotatable bonds is 13. The van der Waals surface area contributed by atoms with Crippen LogP contribution in [0.5, 0.6) is 0 Å². The van der Waals surface area contributed by atoms with Crippen LogP contribution in [0.25, 0.3) is 244 Å².